The van der Waals surface area contributed by atoms with Gasteiger partial charge in [-0.3, -0.25) is 4.79 Å². The molecule has 0 saturated heterocycles. The number of aliphatic hydroxyl groups is 2. The molecule has 28 heavy (non-hydrogen) atoms. The van der Waals surface area contributed by atoms with E-state index in [1.807, 2.05) is 30.3 Å². The van der Waals surface area contributed by atoms with Crippen LogP contribution in [-0.4, -0.2) is 39.8 Å². The quantitative estimate of drug-likeness (QED) is 0.550. The lowest BCUT2D eigenvalue weighted by molar-refractivity contribution is -0.114. The maximum Gasteiger partial charge on any atom is 0.407 e. The first kappa shape index (κ1) is 21.3. The molecule has 0 fully saturated rings. The molecule has 1 aromatic heterocycles. The minimum absolute atomic E-state index is 0.133. The van der Waals surface area contributed by atoms with Gasteiger partial charge in [-0.05, 0) is 25.0 Å². The maximum atomic E-state index is 11.7. The maximum absolute atomic E-state index is 11.7. The lowest BCUT2D eigenvalue weighted by Crippen LogP contribution is -2.30. The number of aromatic nitrogens is 1. The van der Waals surface area contributed by atoms with Crippen LogP contribution in [-0.2, 0) is 16.1 Å². The molecule has 2 atom stereocenters. The zero-order chi connectivity index (χ0) is 20.5. The highest BCUT2D eigenvalue weighted by Gasteiger charge is 2.21. The molecule has 1 heterocycles. The number of ether oxygens (including phenoxy) is 1. The molecule has 0 aliphatic carbocycles. The highest BCUT2D eigenvalue weighted by Crippen LogP contribution is 2.22. The monoisotopic (exact) mass is 387 g/mol. The number of amides is 2. The molecule has 0 spiro atoms. The molecule has 0 saturated carbocycles. The first-order valence-electron chi connectivity index (χ1n) is 8.92. The number of nitrogens with zero attached hydrogens (tertiary/aromatic N) is 1. The van der Waals surface area contributed by atoms with Crippen LogP contribution in [0.5, 0.6) is 0 Å². The minimum Gasteiger partial charge on any atom is -0.445 e. The van der Waals surface area contributed by atoms with Gasteiger partial charge in [-0.1, -0.05) is 36.4 Å². The third kappa shape index (κ3) is 6.64. The van der Waals surface area contributed by atoms with Crippen LogP contribution in [0.25, 0.3) is 0 Å². The van der Waals surface area contributed by atoms with Gasteiger partial charge in [-0.2, -0.15) is 0 Å². The highest BCUT2D eigenvalue weighted by atomic mass is 16.5. The van der Waals surface area contributed by atoms with Gasteiger partial charge in [-0.15, -0.1) is 0 Å². The van der Waals surface area contributed by atoms with Crippen molar-refractivity contribution in [3.8, 4) is 0 Å². The second kappa shape index (κ2) is 10.4. The van der Waals surface area contributed by atoms with Crippen molar-refractivity contribution in [2.75, 3.05) is 11.9 Å². The molecule has 0 aliphatic rings. The number of rotatable bonds is 8. The first-order chi connectivity index (χ1) is 13.4. The van der Waals surface area contributed by atoms with Crippen LogP contribution >= 0.6 is 0 Å². The molecule has 0 aliphatic heterocycles. The first-order valence-corrected chi connectivity index (χ1v) is 8.92. The number of aryl methyl sites for hydroxylation is 1. The van der Waals surface area contributed by atoms with E-state index in [1.165, 1.54) is 6.92 Å². The number of hydrogen-bond donors (Lipinski definition) is 4. The Morgan fingerprint density at radius 1 is 1.14 bits per heavy atom. The van der Waals surface area contributed by atoms with E-state index >= 15 is 0 Å². The van der Waals surface area contributed by atoms with Gasteiger partial charge < -0.3 is 25.6 Å². The van der Waals surface area contributed by atoms with E-state index in [4.69, 9.17) is 4.74 Å². The van der Waals surface area contributed by atoms with E-state index in [0.29, 0.717) is 17.1 Å². The van der Waals surface area contributed by atoms with E-state index in [1.54, 1.807) is 19.1 Å². The average molecular weight is 387 g/mol. The van der Waals surface area contributed by atoms with Gasteiger partial charge in [0.1, 0.15) is 18.5 Å². The normalized spacial score (nSPS) is 12.7. The Bertz CT molecular complexity index is 798. The van der Waals surface area contributed by atoms with Gasteiger partial charge >= 0.3 is 6.09 Å². The van der Waals surface area contributed by atoms with Crippen LogP contribution in [0.2, 0.25) is 0 Å². The van der Waals surface area contributed by atoms with Gasteiger partial charge in [0, 0.05) is 24.7 Å². The zero-order valence-electron chi connectivity index (χ0n) is 15.9. The van der Waals surface area contributed by atoms with Gasteiger partial charge in [0.15, 0.2) is 0 Å². The summed E-state index contributed by atoms with van der Waals surface area (Å²) < 4.78 is 5.08. The van der Waals surface area contributed by atoms with Crippen LogP contribution in [0.15, 0.2) is 42.5 Å². The van der Waals surface area contributed by atoms with Gasteiger partial charge in [0.05, 0.1) is 6.10 Å². The Kier molecular flexibility index (Phi) is 7.91. The summed E-state index contributed by atoms with van der Waals surface area (Å²) >= 11 is 0. The molecular weight excluding hydrogens is 362 g/mol. The van der Waals surface area contributed by atoms with Gasteiger partial charge in [0.2, 0.25) is 5.91 Å². The molecular formula is C20H25N3O5. The Balaban J connectivity index is 1.78. The second-order valence-corrected chi connectivity index (χ2v) is 6.34. The van der Waals surface area contributed by atoms with Crippen molar-refractivity contribution >= 4 is 17.8 Å². The molecule has 2 unspecified atom stereocenters. The van der Waals surface area contributed by atoms with Crippen LogP contribution < -0.4 is 10.6 Å². The number of carbonyl (C=O) groups is 2. The molecule has 4 N–H and O–H groups in total. The predicted octanol–water partition coefficient (Wildman–Crippen LogP) is 2.06. The molecule has 2 rings (SSSR count). The van der Waals surface area contributed by atoms with Gasteiger partial charge in [0.25, 0.3) is 0 Å². The second-order valence-electron chi connectivity index (χ2n) is 6.34. The number of anilines is 1. The fourth-order valence-corrected chi connectivity index (χ4v) is 2.60. The summed E-state index contributed by atoms with van der Waals surface area (Å²) in [6.07, 6.45) is -2.72. The largest absolute Gasteiger partial charge is 0.445 e. The molecule has 1 aromatic carbocycles. The summed E-state index contributed by atoms with van der Waals surface area (Å²) in [5.74, 6) is 0.128. The van der Waals surface area contributed by atoms with Crippen molar-refractivity contribution < 1.29 is 24.5 Å². The molecule has 8 heteroatoms. The Labute approximate surface area is 163 Å². The fraction of sp³-hybridized carbons (Fsp3) is 0.350. The summed E-state index contributed by atoms with van der Waals surface area (Å²) in [5, 5.41) is 25.6. The van der Waals surface area contributed by atoms with Crippen molar-refractivity contribution in [3.05, 3.63) is 59.3 Å². The van der Waals surface area contributed by atoms with E-state index in [9.17, 15) is 19.8 Å². The number of carbonyl (C=O) groups excluding carboxylic acids is 2. The third-order valence-corrected chi connectivity index (χ3v) is 4.04. The minimum atomic E-state index is -1.17. The Morgan fingerprint density at radius 3 is 2.50 bits per heavy atom. The lowest BCUT2D eigenvalue weighted by atomic mass is 10.0. The van der Waals surface area contributed by atoms with E-state index in [0.717, 1.165) is 5.56 Å². The SMILES string of the molecule is CC(=O)Nc1ccc(C(O)C(O)CCNC(=O)OCc2ccccc2)c(C)n1. The number of benzene rings is 1. The molecule has 0 bridgehead atoms. The van der Waals surface area contributed by atoms with E-state index < -0.39 is 18.3 Å². The van der Waals surface area contributed by atoms with Crippen molar-refractivity contribution in [2.45, 2.75) is 39.1 Å². The summed E-state index contributed by atoms with van der Waals surface area (Å²) in [4.78, 5) is 26.9. The average Bonchev–Trinajstić information content (AvgIpc) is 2.66. The van der Waals surface area contributed by atoms with E-state index in [-0.39, 0.29) is 25.5 Å². The van der Waals surface area contributed by atoms with Crippen molar-refractivity contribution in [3.63, 3.8) is 0 Å². The van der Waals surface area contributed by atoms with Crippen LogP contribution in [0, 0.1) is 6.92 Å². The topological polar surface area (TPSA) is 121 Å². The zero-order valence-corrected chi connectivity index (χ0v) is 15.9. The summed E-state index contributed by atoms with van der Waals surface area (Å²) in [7, 11) is 0. The molecule has 8 nitrogen and oxygen atoms in total. The lowest BCUT2D eigenvalue weighted by Gasteiger charge is -2.20. The number of alkyl carbamates (subject to hydrolysis) is 1. The smallest absolute Gasteiger partial charge is 0.407 e. The van der Waals surface area contributed by atoms with Crippen molar-refractivity contribution in [1.82, 2.24) is 10.3 Å². The van der Waals surface area contributed by atoms with Crippen molar-refractivity contribution in [2.24, 2.45) is 0 Å². The Morgan fingerprint density at radius 2 is 1.86 bits per heavy atom. The molecule has 2 amide bonds. The number of hydrogen-bond acceptors (Lipinski definition) is 6. The molecule has 2 aromatic rings. The van der Waals surface area contributed by atoms with Crippen LogP contribution in [0.3, 0.4) is 0 Å². The predicted molar refractivity (Wildman–Crippen MR) is 103 cm³/mol. The molecule has 0 radical (unpaired) electrons. The number of pyridine rings is 1. The van der Waals surface area contributed by atoms with Crippen molar-refractivity contribution in [1.29, 1.82) is 0 Å². The standard InChI is InChI=1S/C20H25N3O5/c1-13-16(8-9-18(22-13)23-14(2)24)19(26)17(25)10-11-21-20(27)28-12-15-6-4-3-5-7-15/h3-9,17,19,25-26H,10-12H2,1-2H3,(H,21,27)(H,22,23,24). The summed E-state index contributed by atoms with van der Waals surface area (Å²) in [6, 6.07) is 12.4. The number of nitrogens with one attached hydrogen (secondary N) is 2. The highest BCUT2D eigenvalue weighted by molar-refractivity contribution is 5.87. The number of aliphatic hydroxyl groups excluding tert-OH is 2. The molecule has 150 valence electrons. The third-order valence-electron chi connectivity index (χ3n) is 4.04. The van der Waals surface area contributed by atoms with E-state index in [2.05, 4.69) is 15.6 Å². The fourth-order valence-electron chi connectivity index (χ4n) is 2.60. The summed E-state index contributed by atoms with van der Waals surface area (Å²) in [6.45, 7) is 3.35. The van der Waals surface area contributed by atoms with Gasteiger partial charge in [-0.25, -0.2) is 9.78 Å². The summed E-state index contributed by atoms with van der Waals surface area (Å²) in [5.41, 5.74) is 1.82. The van der Waals surface area contributed by atoms with Crippen LogP contribution in [0.4, 0.5) is 10.6 Å². The van der Waals surface area contributed by atoms with Crippen LogP contribution in [0.1, 0.15) is 36.3 Å². The Hall–Kier alpha value is -2.97.